The van der Waals surface area contributed by atoms with E-state index in [0.29, 0.717) is 50.1 Å². The van der Waals surface area contributed by atoms with Gasteiger partial charge in [-0.25, -0.2) is 9.97 Å². The molecule has 1 aromatic carbocycles. The molecule has 5 saturated heterocycles. The number of piperidine rings is 5. The molecule has 2 amide bonds. The number of anilines is 2. The number of alkyl halides is 3. The summed E-state index contributed by atoms with van der Waals surface area (Å²) in [6, 6.07) is 8.06. The van der Waals surface area contributed by atoms with E-state index >= 15 is 0 Å². The molecule has 1 unspecified atom stereocenters. The Morgan fingerprint density at radius 3 is 2.11 bits per heavy atom. The fourth-order valence-electron chi connectivity index (χ4n) is 9.99. The first kappa shape index (κ1) is 44.4. The van der Waals surface area contributed by atoms with Crippen molar-refractivity contribution in [2.75, 3.05) is 69.1 Å². The highest BCUT2D eigenvalue weighted by molar-refractivity contribution is 7.86. The smallest absolute Gasteiger partial charge is 0.389 e. The minimum absolute atomic E-state index is 0.0218. The molecule has 0 saturated carbocycles. The van der Waals surface area contributed by atoms with E-state index in [0.717, 1.165) is 70.2 Å². The molecule has 19 heteroatoms. The van der Waals surface area contributed by atoms with Crippen LogP contribution in [0.5, 0.6) is 0 Å². The molecular weight excluding hydrogens is 826 g/mol. The molecule has 0 radical (unpaired) electrons. The fourth-order valence-corrected chi connectivity index (χ4v) is 11.7. The van der Waals surface area contributed by atoms with Crippen LogP contribution in [0.25, 0.3) is 11.3 Å². The molecule has 0 aliphatic carbocycles. The molecule has 1 spiro atoms. The maximum Gasteiger partial charge on any atom is 0.419 e. The first-order valence-electron chi connectivity index (χ1n) is 22.1. The Bertz CT molecular complexity index is 2160. The molecule has 7 heterocycles. The van der Waals surface area contributed by atoms with E-state index in [1.807, 2.05) is 12.1 Å². The third-order valence-corrected chi connectivity index (χ3v) is 15.8. The van der Waals surface area contributed by atoms with Crippen molar-refractivity contribution in [3.63, 3.8) is 0 Å². The largest absolute Gasteiger partial charge is 0.419 e. The van der Waals surface area contributed by atoms with Crippen LogP contribution in [-0.4, -0.2) is 129 Å². The van der Waals surface area contributed by atoms with Crippen LogP contribution in [-0.2, 0) is 32.5 Å². The van der Waals surface area contributed by atoms with Crippen molar-refractivity contribution in [3.8, 4) is 11.3 Å². The molecule has 5 fully saturated rings. The van der Waals surface area contributed by atoms with Gasteiger partial charge in [-0.15, -0.1) is 0 Å². The number of imide groups is 1. The van der Waals surface area contributed by atoms with Gasteiger partial charge in [0.1, 0.15) is 5.56 Å². The lowest BCUT2D eigenvalue weighted by molar-refractivity contribution is -0.137. The number of hydrogen-bond acceptors (Lipinski definition) is 11. The number of carbonyl (C=O) groups excluding carboxylic acids is 2. The molecule has 62 heavy (non-hydrogen) atoms. The third kappa shape index (κ3) is 10.3. The van der Waals surface area contributed by atoms with E-state index < -0.39 is 27.6 Å². The van der Waals surface area contributed by atoms with Crippen molar-refractivity contribution in [2.24, 2.45) is 11.3 Å². The quantitative estimate of drug-likeness (QED) is 0.225. The van der Waals surface area contributed by atoms with E-state index in [9.17, 15) is 36.3 Å². The van der Waals surface area contributed by atoms with Crippen LogP contribution in [0.3, 0.4) is 0 Å². The predicted molar refractivity (Wildman–Crippen MR) is 227 cm³/mol. The number of amides is 2. The van der Waals surface area contributed by atoms with Gasteiger partial charge < -0.3 is 20.2 Å². The summed E-state index contributed by atoms with van der Waals surface area (Å²) in [5.41, 5.74) is 0.198. The monoisotopic (exact) mass is 884 g/mol. The van der Waals surface area contributed by atoms with Crippen molar-refractivity contribution in [3.05, 3.63) is 54.0 Å². The highest BCUT2D eigenvalue weighted by Crippen LogP contribution is 2.43. The summed E-state index contributed by atoms with van der Waals surface area (Å²) in [5.74, 6) is -0.208. The van der Waals surface area contributed by atoms with Gasteiger partial charge in [0, 0.05) is 81.9 Å². The topological polar surface area (TPSA) is 169 Å². The second-order valence-electron chi connectivity index (χ2n) is 18.7. The fraction of sp³-hybridized carbons (Fsp3) is 0.651. The van der Waals surface area contributed by atoms with E-state index in [1.165, 1.54) is 39.9 Å². The number of likely N-dealkylation sites (tertiary alicyclic amines) is 1. The summed E-state index contributed by atoms with van der Waals surface area (Å²) >= 11 is 0. The Kier molecular flexibility index (Phi) is 12.7. The second-order valence-corrected chi connectivity index (χ2v) is 20.7. The van der Waals surface area contributed by atoms with E-state index in [-0.39, 0.29) is 60.6 Å². The van der Waals surface area contributed by atoms with Crippen molar-refractivity contribution < 1.29 is 36.3 Å². The molecule has 5 aliphatic rings. The molecule has 15 nitrogen and oxygen atoms in total. The number of benzene rings is 1. The Hall–Kier alpha value is -4.17. The molecular formula is C43H59F3N10O5S. The van der Waals surface area contributed by atoms with Gasteiger partial charge in [-0.05, 0) is 114 Å². The number of aromatic nitrogens is 4. The van der Waals surface area contributed by atoms with Crippen LogP contribution in [0.4, 0.5) is 24.8 Å². The van der Waals surface area contributed by atoms with Crippen molar-refractivity contribution in [2.45, 2.75) is 108 Å². The molecule has 0 bridgehead atoms. The van der Waals surface area contributed by atoms with Crippen LogP contribution in [0.2, 0.25) is 0 Å². The van der Waals surface area contributed by atoms with Gasteiger partial charge >= 0.3 is 6.18 Å². The highest BCUT2D eigenvalue weighted by atomic mass is 32.2. The first-order chi connectivity index (χ1) is 29.4. The number of rotatable bonds is 11. The predicted octanol–water partition coefficient (Wildman–Crippen LogP) is 4.87. The van der Waals surface area contributed by atoms with Crippen LogP contribution >= 0.6 is 0 Å². The molecule has 1 atom stereocenters. The Morgan fingerprint density at radius 2 is 1.50 bits per heavy atom. The number of hydrogen-bond donors (Lipinski definition) is 3. The standard InChI is InChI=1S/C43H59F3N10O5S/c1-41(2,59)29-54-28-32(25-48-54)38-36(43(44,45)46)26-47-40(51-38)49-33-11-19-56(20-12-33)62(60,61)55-17-9-30(10-18-55)27-52-21-13-42(14-22-52)15-23-53(24-16-42)34-5-3-31(4-6-34)35-7-8-37(57)50-39(35)58/h3-6,25-26,28,30,33,35,59H,7-24,27,29H2,1-2H3,(H,47,49,51)(H,50,57,58). The zero-order chi connectivity index (χ0) is 43.9. The van der Waals surface area contributed by atoms with E-state index in [1.54, 1.807) is 18.2 Å². The number of halogens is 3. The van der Waals surface area contributed by atoms with E-state index in [2.05, 4.69) is 47.6 Å². The first-order valence-corrected chi connectivity index (χ1v) is 23.4. The molecule has 2 aromatic heterocycles. The van der Waals surface area contributed by atoms with Gasteiger partial charge in [-0.1, -0.05) is 12.1 Å². The summed E-state index contributed by atoms with van der Waals surface area (Å²) in [4.78, 5) is 37.1. The lowest BCUT2D eigenvalue weighted by Crippen LogP contribution is -2.52. The van der Waals surface area contributed by atoms with Gasteiger partial charge in [-0.3, -0.25) is 19.6 Å². The van der Waals surface area contributed by atoms with Gasteiger partial charge in [0.05, 0.1) is 30.0 Å². The average molecular weight is 885 g/mol. The normalized spacial score (nSPS) is 23.2. The van der Waals surface area contributed by atoms with Crippen molar-refractivity contribution >= 4 is 33.7 Å². The van der Waals surface area contributed by atoms with Crippen molar-refractivity contribution in [1.82, 2.24) is 38.6 Å². The Balaban J connectivity index is 0.762. The lowest BCUT2D eigenvalue weighted by Gasteiger charge is -2.48. The van der Waals surface area contributed by atoms with Gasteiger partial charge in [0.25, 0.3) is 10.2 Å². The second kappa shape index (κ2) is 17.8. The number of carbonyl (C=O) groups is 2. The molecule has 338 valence electrons. The molecule has 5 aliphatic heterocycles. The van der Waals surface area contributed by atoms with Crippen LogP contribution < -0.4 is 15.5 Å². The number of nitrogens with one attached hydrogen (secondary N) is 2. The van der Waals surface area contributed by atoms with Gasteiger partial charge in [-0.2, -0.15) is 35.3 Å². The van der Waals surface area contributed by atoms with Crippen molar-refractivity contribution in [1.29, 1.82) is 0 Å². The summed E-state index contributed by atoms with van der Waals surface area (Å²) in [7, 11) is -3.66. The molecule has 3 N–H and O–H groups in total. The molecule has 3 aromatic rings. The Morgan fingerprint density at radius 1 is 0.871 bits per heavy atom. The van der Waals surface area contributed by atoms with Gasteiger partial charge in [0.2, 0.25) is 17.8 Å². The lowest BCUT2D eigenvalue weighted by atomic mass is 9.71. The summed E-state index contributed by atoms with van der Waals surface area (Å²) in [6.07, 6.45) is 6.88. The minimum atomic E-state index is -4.70. The minimum Gasteiger partial charge on any atom is -0.389 e. The highest BCUT2D eigenvalue weighted by Gasteiger charge is 2.40. The average Bonchev–Trinajstić information content (AvgIpc) is 3.69. The van der Waals surface area contributed by atoms with Gasteiger partial charge in [0.15, 0.2) is 0 Å². The number of nitrogens with zero attached hydrogens (tertiary/aromatic N) is 8. The molecule has 8 rings (SSSR count). The zero-order valence-electron chi connectivity index (χ0n) is 35.6. The van der Waals surface area contributed by atoms with Crippen LogP contribution in [0.1, 0.15) is 95.1 Å². The third-order valence-electron chi connectivity index (χ3n) is 13.7. The SMILES string of the molecule is CC(C)(O)Cn1cc(-c2nc(NC3CCN(S(=O)(=O)N4CCC(CN5CCC6(CC5)CCN(c5ccc(C7CCC(=O)NC7=O)cc5)CC6)CC4)CC3)ncc2C(F)(F)F)cn1. The van der Waals surface area contributed by atoms with Crippen LogP contribution in [0.15, 0.2) is 42.9 Å². The van der Waals surface area contributed by atoms with E-state index in [4.69, 9.17) is 0 Å². The maximum absolute atomic E-state index is 14.0. The maximum atomic E-state index is 14.0. The summed E-state index contributed by atoms with van der Waals surface area (Å²) in [5, 5.41) is 19.8. The Labute approximate surface area is 361 Å². The summed E-state index contributed by atoms with van der Waals surface area (Å²) in [6.45, 7) is 9.91. The zero-order valence-corrected chi connectivity index (χ0v) is 36.4. The van der Waals surface area contributed by atoms with Crippen LogP contribution in [0, 0.1) is 11.3 Å². The number of aliphatic hydroxyl groups is 1. The summed E-state index contributed by atoms with van der Waals surface area (Å²) < 4.78 is 73.9.